The molecule has 3 aromatic rings. The SMILES string of the molecule is CCCCOc1ccc(C(=O)Cn2nc(COc3ccc(Cl)cc3Cl)oc2=S)cc1. The van der Waals surface area contributed by atoms with E-state index >= 15 is 0 Å². The predicted molar refractivity (Wildman–Crippen MR) is 117 cm³/mol. The molecule has 158 valence electrons. The highest BCUT2D eigenvalue weighted by atomic mass is 35.5. The average molecular weight is 467 g/mol. The van der Waals surface area contributed by atoms with E-state index in [4.69, 9.17) is 49.3 Å². The van der Waals surface area contributed by atoms with E-state index in [0.29, 0.717) is 28.0 Å². The summed E-state index contributed by atoms with van der Waals surface area (Å²) in [5.74, 6) is 1.26. The van der Waals surface area contributed by atoms with Crippen LogP contribution in [0, 0.1) is 4.84 Å². The molecular formula is C21H20Cl2N2O4S. The van der Waals surface area contributed by atoms with Crippen LogP contribution in [-0.4, -0.2) is 22.2 Å². The largest absolute Gasteiger partial charge is 0.494 e. The molecule has 0 spiro atoms. The van der Waals surface area contributed by atoms with Crippen molar-refractivity contribution in [3.05, 3.63) is 68.8 Å². The van der Waals surface area contributed by atoms with Crippen LogP contribution in [-0.2, 0) is 13.2 Å². The van der Waals surface area contributed by atoms with Crippen molar-refractivity contribution in [2.24, 2.45) is 0 Å². The number of rotatable bonds is 10. The number of unbranched alkanes of at least 4 members (excludes halogenated alkanes) is 1. The zero-order valence-corrected chi connectivity index (χ0v) is 18.6. The van der Waals surface area contributed by atoms with E-state index in [2.05, 4.69) is 12.0 Å². The van der Waals surface area contributed by atoms with Crippen LogP contribution in [0.4, 0.5) is 0 Å². The molecule has 1 aromatic heterocycles. The molecule has 6 nitrogen and oxygen atoms in total. The number of ether oxygens (including phenoxy) is 2. The molecule has 0 fully saturated rings. The Labute approximate surface area is 189 Å². The first-order chi connectivity index (χ1) is 14.5. The maximum absolute atomic E-state index is 12.6. The third-order valence-corrected chi connectivity index (χ3v) is 4.95. The van der Waals surface area contributed by atoms with Gasteiger partial charge in [-0.2, -0.15) is 0 Å². The normalized spacial score (nSPS) is 10.8. The molecule has 2 aromatic carbocycles. The fraction of sp³-hybridized carbons (Fsp3) is 0.286. The molecule has 0 amide bonds. The van der Waals surface area contributed by atoms with Crippen molar-refractivity contribution in [1.29, 1.82) is 0 Å². The highest BCUT2D eigenvalue weighted by molar-refractivity contribution is 7.71. The van der Waals surface area contributed by atoms with Crippen LogP contribution in [0.25, 0.3) is 0 Å². The Morgan fingerprint density at radius 2 is 1.93 bits per heavy atom. The standard InChI is InChI=1S/C21H20Cl2N2O4S/c1-2-3-10-27-16-7-4-14(5-8-16)18(26)12-25-21(30)29-20(24-25)13-28-19-9-6-15(22)11-17(19)23/h4-9,11H,2-3,10,12-13H2,1H3. The molecule has 0 saturated heterocycles. The molecule has 0 aliphatic rings. The molecule has 0 atom stereocenters. The van der Waals surface area contributed by atoms with Crippen molar-refractivity contribution in [3.63, 3.8) is 0 Å². The second-order valence-corrected chi connectivity index (χ2v) is 7.63. The van der Waals surface area contributed by atoms with Crippen molar-refractivity contribution in [3.8, 4) is 11.5 Å². The van der Waals surface area contributed by atoms with Crippen LogP contribution in [0.2, 0.25) is 10.0 Å². The van der Waals surface area contributed by atoms with E-state index in [0.717, 1.165) is 18.6 Å². The lowest BCUT2D eigenvalue weighted by molar-refractivity contribution is 0.0966. The second-order valence-electron chi connectivity index (χ2n) is 6.43. The molecule has 0 saturated carbocycles. The molecule has 0 N–H and O–H groups in total. The second kappa shape index (κ2) is 10.6. The first-order valence-corrected chi connectivity index (χ1v) is 10.5. The molecule has 9 heteroatoms. The number of aromatic nitrogens is 2. The Kier molecular flexibility index (Phi) is 7.90. The fourth-order valence-electron chi connectivity index (χ4n) is 2.54. The van der Waals surface area contributed by atoms with E-state index in [1.54, 1.807) is 42.5 Å². The highest BCUT2D eigenvalue weighted by Gasteiger charge is 2.13. The van der Waals surface area contributed by atoms with Crippen LogP contribution in [0.3, 0.4) is 0 Å². The number of halogens is 2. The van der Waals surface area contributed by atoms with E-state index < -0.39 is 0 Å². The minimum atomic E-state index is -0.146. The number of Topliss-reactive ketones (excluding diaryl/α,β-unsaturated/α-hetero) is 1. The van der Waals surface area contributed by atoms with Crippen LogP contribution in [0.1, 0.15) is 36.0 Å². The molecular weight excluding hydrogens is 447 g/mol. The molecule has 0 bridgehead atoms. The van der Waals surface area contributed by atoms with Crippen LogP contribution in [0.15, 0.2) is 46.9 Å². The molecule has 0 unspecified atom stereocenters. The first-order valence-electron chi connectivity index (χ1n) is 9.37. The van der Waals surface area contributed by atoms with Gasteiger partial charge in [0.2, 0.25) is 0 Å². The summed E-state index contributed by atoms with van der Waals surface area (Å²) in [4.78, 5) is 12.6. The molecule has 0 aliphatic carbocycles. The number of hydrogen-bond acceptors (Lipinski definition) is 6. The van der Waals surface area contributed by atoms with E-state index in [1.807, 2.05) is 0 Å². The topological polar surface area (TPSA) is 66.5 Å². The number of hydrogen-bond donors (Lipinski definition) is 0. The van der Waals surface area contributed by atoms with Gasteiger partial charge in [0.15, 0.2) is 12.4 Å². The molecule has 1 heterocycles. The summed E-state index contributed by atoms with van der Waals surface area (Å²) in [6.07, 6.45) is 2.05. The lowest BCUT2D eigenvalue weighted by atomic mass is 10.1. The van der Waals surface area contributed by atoms with Gasteiger partial charge in [-0.3, -0.25) is 4.79 Å². The summed E-state index contributed by atoms with van der Waals surface area (Å²) >= 11 is 17.1. The van der Waals surface area contributed by atoms with E-state index in [9.17, 15) is 4.79 Å². The zero-order chi connectivity index (χ0) is 21.5. The van der Waals surface area contributed by atoms with Gasteiger partial charge in [-0.05, 0) is 61.1 Å². The average Bonchev–Trinajstić information content (AvgIpc) is 3.07. The number of benzene rings is 2. The van der Waals surface area contributed by atoms with Crippen molar-refractivity contribution < 1.29 is 18.7 Å². The highest BCUT2D eigenvalue weighted by Crippen LogP contribution is 2.28. The van der Waals surface area contributed by atoms with Crippen molar-refractivity contribution in [1.82, 2.24) is 9.78 Å². The Morgan fingerprint density at radius 3 is 2.63 bits per heavy atom. The van der Waals surface area contributed by atoms with Crippen LogP contribution < -0.4 is 9.47 Å². The molecule has 0 aliphatic heterocycles. The minimum Gasteiger partial charge on any atom is -0.494 e. The van der Waals surface area contributed by atoms with Gasteiger partial charge < -0.3 is 13.9 Å². The first kappa shape index (κ1) is 22.3. The monoisotopic (exact) mass is 466 g/mol. The Balaban J connectivity index is 1.59. The zero-order valence-electron chi connectivity index (χ0n) is 16.3. The van der Waals surface area contributed by atoms with Crippen molar-refractivity contribution >= 4 is 41.2 Å². The Morgan fingerprint density at radius 1 is 1.17 bits per heavy atom. The summed E-state index contributed by atoms with van der Waals surface area (Å²) in [7, 11) is 0. The number of carbonyl (C=O) groups excluding carboxylic acids is 1. The lowest BCUT2D eigenvalue weighted by Gasteiger charge is -2.06. The third-order valence-electron chi connectivity index (χ3n) is 4.13. The van der Waals surface area contributed by atoms with Gasteiger partial charge in [0.25, 0.3) is 10.7 Å². The summed E-state index contributed by atoms with van der Waals surface area (Å²) < 4.78 is 17.9. The summed E-state index contributed by atoms with van der Waals surface area (Å²) in [5.41, 5.74) is 0.536. The Hall–Kier alpha value is -2.35. The summed E-state index contributed by atoms with van der Waals surface area (Å²) in [5, 5.41) is 5.09. The van der Waals surface area contributed by atoms with Gasteiger partial charge >= 0.3 is 0 Å². The van der Waals surface area contributed by atoms with Crippen LogP contribution in [0.5, 0.6) is 11.5 Å². The third kappa shape index (κ3) is 6.08. The van der Waals surface area contributed by atoms with E-state index in [1.165, 1.54) is 4.68 Å². The summed E-state index contributed by atoms with van der Waals surface area (Å²) in [6, 6.07) is 11.9. The maximum atomic E-state index is 12.6. The van der Waals surface area contributed by atoms with Crippen molar-refractivity contribution in [2.75, 3.05) is 6.61 Å². The van der Waals surface area contributed by atoms with E-state index in [-0.39, 0.29) is 29.7 Å². The van der Waals surface area contributed by atoms with Gasteiger partial charge in [0.1, 0.15) is 18.0 Å². The van der Waals surface area contributed by atoms with Gasteiger partial charge in [-0.1, -0.05) is 36.5 Å². The number of nitrogens with zero attached hydrogens (tertiary/aromatic N) is 2. The quantitative estimate of drug-likeness (QED) is 0.202. The van der Waals surface area contributed by atoms with Gasteiger partial charge in [0, 0.05) is 10.6 Å². The number of ketones is 1. The maximum Gasteiger partial charge on any atom is 0.287 e. The lowest BCUT2D eigenvalue weighted by Crippen LogP contribution is -2.12. The predicted octanol–water partition coefficient (Wildman–Crippen LogP) is 6.15. The molecule has 0 radical (unpaired) electrons. The van der Waals surface area contributed by atoms with Gasteiger partial charge in [0.05, 0.1) is 11.6 Å². The smallest absolute Gasteiger partial charge is 0.287 e. The fourth-order valence-corrected chi connectivity index (χ4v) is 3.20. The van der Waals surface area contributed by atoms with Gasteiger partial charge in [-0.25, -0.2) is 4.68 Å². The molecule has 3 rings (SSSR count). The molecule has 30 heavy (non-hydrogen) atoms. The number of carbonyl (C=O) groups is 1. The van der Waals surface area contributed by atoms with Gasteiger partial charge in [-0.15, -0.1) is 5.10 Å². The van der Waals surface area contributed by atoms with Crippen molar-refractivity contribution in [2.45, 2.75) is 32.9 Å². The summed E-state index contributed by atoms with van der Waals surface area (Å²) in [6.45, 7) is 2.73. The minimum absolute atomic E-state index is 0.00990. The van der Waals surface area contributed by atoms with Crippen LogP contribution >= 0.6 is 35.4 Å². The Bertz CT molecular complexity index is 1060.